The van der Waals surface area contributed by atoms with Gasteiger partial charge in [-0.15, -0.1) is 0 Å². The van der Waals surface area contributed by atoms with Crippen molar-refractivity contribution in [3.63, 3.8) is 0 Å². The van der Waals surface area contributed by atoms with Crippen LogP contribution < -0.4 is 11.1 Å². The van der Waals surface area contributed by atoms with E-state index in [0.29, 0.717) is 19.4 Å². The highest BCUT2D eigenvalue weighted by molar-refractivity contribution is 5.91. The van der Waals surface area contributed by atoms with E-state index in [1.54, 1.807) is 0 Å². The molecule has 0 spiro atoms. The first kappa shape index (κ1) is 16.4. The Labute approximate surface area is 121 Å². The van der Waals surface area contributed by atoms with Gasteiger partial charge >= 0.3 is 5.97 Å². The van der Waals surface area contributed by atoms with Gasteiger partial charge in [0.05, 0.1) is 17.6 Å². The van der Waals surface area contributed by atoms with E-state index in [2.05, 4.69) is 10.1 Å². The van der Waals surface area contributed by atoms with Crippen LogP contribution in [0.4, 0.5) is 11.4 Å². The monoisotopic (exact) mass is 295 g/mol. The van der Waals surface area contributed by atoms with E-state index in [1.807, 2.05) is 0 Å². The Hall–Kier alpha value is -2.64. The Morgan fingerprint density at radius 1 is 1.38 bits per heavy atom. The normalized spacial score (nSPS) is 9.95. The minimum absolute atomic E-state index is 0.127. The minimum Gasteiger partial charge on any atom is -0.465 e. The number of nitrogens with two attached hydrogens (primary N) is 1. The fourth-order valence-corrected chi connectivity index (χ4v) is 1.73. The number of anilines is 1. The van der Waals surface area contributed by atoms with Gasteiger partial charge in [0, 0.05) is 19.0 Å². The van der Waals surface area contributed by atoms with Crippen molar-refractivity contribution in [2.75, 3.05) is 19.0 Å². The van der Waals surface area contributed by atoms with Gasteiger partial charge in [-0.05, 0) is 25.0 Å². The third kappa shape index (κ3) is 5.09. The van der Waals surface area contributed by atoms with Crippen LogP contribution in [-0.2, 0) is 9.53 Å². The van der Waals surface area contributed by atoms with Crippen LogP contribution in [0.1, 0.15) is 29.6 Å². The van der Waals surface area contributed by atoms with E-state index in [-0.39, 0.29) is 29.3 Å². The molecule has 3 N–H and O–H groups in total. The molecule has 1 aromatic carbocycles. The molecular weight excluding hydrogens is 278 g/mol. The van der Waals surface area contributed by atoms with Gasteiger partial charge in [0.15, 0.2) is 0 Å². The molecule has 8 nitrogen and oxygen atoms in total. The first-order valence-electron chi connectivity index (χ1n) is 6.34. The summed E-state index contributed by atoms with van der Waals surface area (Å²) >= 11 is 0. The summed E-state index contributed by atoms with van der Waals surface area (Å²) in [4.78, 5) is 32.4. The number of esters is 1. The summed E-state index contributed by atoms with van der Waals surface area (Å²) in [6, 6.07) is 3.96. The van der Waals surface area contributed by atoms with Crippen LogP contribution in [0.25, 0.3) is 0 Å². The molecule has 0 aliphatic rings. The summed E-state index contributed by atoms with van der Waals surface area (Å²) in [6.45, 7) is 0.429. The van der Waals surface area contributed by atoms with Gasteiger partial charge in [0.25, 0.3) is 5.69 Å². The lowest BCUT2D eigenvalue weighted by molar-refractivity contribution is -0.384. The molecule has 0 aliphatic heterocycles. The summed E-state index contributed by atoms with van der Waals surface area (Å²) in [6.07, 6.45) is 1.49. The highest BCUT2D eigenvalue weighted by Crippen LogP contribution is 2.25. The van der Waals surface area contributed by atoms with Crippen LogP contribution in [0.2, 0.25) is 0 Å². The topological polar surface area (TPSA) is 125 Å². The molecule has 0 unspecified atom stereocenters. The Kier molecular flexibility index (Phi) is 6.12. The van der Waals surface area contributed by atoms with Crippen molar-refractivity contribution in [1.82, 2.24) is 0 Å². The molecule has 0 aromatic heterocycles. The number of benzene rings is 1. The SMILES string of the molecule is COC(=O)c1ccc([N+](=O)[O-])c(NCCCCC(N)=O)c1. The lowest BCUT2D eigenvalue weighted by Crippen LogP contribution is -2.11. The van der Waals surface area contributed by atoms with Crippen molar-refractivity contribution in [2.24, 2.45) is 5.73 Å². The molecular formula is C13H17N3O5. The van der Waals surface area contributed by atoms with Gasteiger partial charge in [-0.3, -0.25) is 14.9 Å². The highest BCUT2D eigenvalue weighted by Gasteiger charge is 2.16. The zero-order chi connectivity index (χ0) is 15.8. The lowest BCUT2D eigenvalue weighted by atomic mass is 10.1. The number of primary amides is 1. The summed E-state index contributed by atoms with van der Waals surface area (Å²) in [5.41, 5.74) is 5.35. The number of carbonyl (C=O) groups is 2. The largest absolute Gasteiger partial charge is 0.465 e. The first-order valence-corrected chi connectivity index (χ1v) is 6.34. The van der Waals surface area contributed by atoms with E-state index in [9.17, 15) is 19.7 Å². The Morgan fingerprint density at radius 3 is 2.67 bits per heavy atom. The van der Waals surface area contributed by atoms with Crippen LogP contribution in [0.15, 0.2) is 18.2 Å². The zero-order valence-corrected chi connectivity index (χ0v) is 11.6. The van der Waals surface area contributed by atoms with Gasteiger partial charge in [-0.25, -0.2) is 4.79 Å². The van der Waals surface area contributed by atoms with E-state index >= 15 is 0 Å². The molecule has 1 aromatic rings. The van der Waals surface area contributed by atoms with E-state index in [1.165, 1.54) is 25.3 Å². The average Bonchev–Trinajstić information content (AvgIpc) is 2.45. The molecule has 1 rings (SSSR count). The van der Waals surface area contributed by atoms with Crippen LogP contribution >= 0.6 is 0 Å². The van der Waals surface area contributed by atoms with Crippen LogP contribution in [0, 0.1) is 10.1 Å². The zero-order valence-electron chi connectivity index (χ0n) is 11.6. The molecule has 0 saturated carbocycles. The molecule has 0 aliphatic carbocycles. The number of nitrogens with zero attached hydrogens (tertiary/aromatic N) is 1. The molecule has 0 radical (unpaired) electrons. The van der Waals surface area contributed by atoms with E-state index in [0.717, 1.165) is 0 Å². The predicted octanol–water partition coefficient (Wildman–Crippen LogP) is 1.45. The second-order valence-electron chi connectivity index (χ2n) is 4.33. The average molecular weight is 295 g/mol. The van der Waals surface area contributed by atoms with Crippen molar-refractivity contribution in [2.45, 2.75) is 19.3 Å². The highest BCUT2D eigenvalue weighted by atomic mass is 16.6. The summed E-state index contributed by atoms with van der Waals surface area (Å²) in [7, 11) is 1.24. The Bertz CT molecular complexity index is 545. The summed E-state index contributed by atoms with van der Waals surface area (Å²) in [5.74, 6) is -0.949. The summed E-state index contributed by atoms with van der Waals surface area (Å²) < 4.78 is 4.57. The second-order valence-corrected chi connectivity index (χ2v) is 4.33. The third-order valence-corrected chi connectivity index (χ3v) is 2.78. The molecule has 0 heterocycles. The standard InChI is InChI=1S/C13H17N3O5/c1-21-13(18)9-5-6-11(16(19)20)10(8-9)15-7-3-2-4-12(14)17/h5-6,8,15H,2-4,7H2,1H3,(H2,14,17). The van der Waals surface area contributed by atoms with Gasteiger partial charge in [0.2, 0.25) is 5.91 Å². The van der Waals surface area contributed by atoms with Gasteiger partial charge in [0.1, 0.15) is 5.69 Å². The predicted molar refractivity (Wildman–Crippen MR) is 76.0 cm³/mol. The molecule has 0 atom stereocenters. The number of hydrogen-bond donors (Lipinski definition) is 2. The van der Waals surface area contributed by atoms with Crippen LogP contribution in [0.3, 0.4) is 0 Å². The maximum atomic E-state index is 11.4. The molecule has 8 heteroatoms. The fraction of sp³-hybridized carbons (Fsp3) is 0.385. The Morgan fingerprint density at radius 2 is 2.10 bits per heavy atom. The quantitative estimate of drug-likeness (QED) is 0.323. The van der Waals surface area contributed by atoms with E-state index in [4.69, 9.17) is 5.73 Å². The number of methoxy groups -OCH3 is 1. The third-order valence-electron chi connectivity index (χ3n) is 2.78. The van der Waals surface area contributed by atoms with Gasteiger partial charge in [-0.1, -0.05) is 0 Å². The number of ether oxygens (including phenoxy) is 1. The van der Waals surface area contributed by atoms with Crippen molar-refractivity contribution in [3.05, 3.63) is 33.9 Å². The van der Waals surface area contributed by atoms with E-state index < -0.39 is 10.9 Å². The molecule has 1 amide bonds. The molecule has 21 heavy (non-hydrogen) atoms. The molecule has 0 fully saturated rings. The number of unbranched alkanes of at least 4 members (excludes halogenated alkanes) is 1. The minimum atomic E-state index is -0.568. The van der Waals surface area contributed by atoms with Gasteiger partial charge < -0.3 is 15.8 Å². The number of carbonyl (C=O) groups excluding carboxylic acids is 2. The van der Waals surface area contributed by atoms with Crippen molar-refractivity contribution < 1.29 is 19.2 Å². The summed E-state index contributed by atoms with van der Waals surface area (Å²) in [5, 5.41) is 13.8. The number of nitro groups is 1. The molecule has 0 bridgehead atoms. The van der Waals surface area contributed by atoms with Crippen molar-refractivity contribution in [1.29, 1.82) is 0 Å². The van der Waals surface area contributed by atoms with Crippen molar-refractivity contribution >= 4 is 23.3 Å². The fourth-order valence-electron chi connectivity index (χ4n) is 1.73. The second kappa shape index (κ2) is 7.83. The maximum Gasteiger partial charge on any atom is 0.337 e. The maximum absolute atomic E-state index is 11.4. The van der Waals surface area contributed by atoms with Crippen LogP contribution in [0.5, 0.6) is 0 Å². The number of nitrogens with one attached hydrogen (secondary N) is 1. The number of nitro benzene ring substituents is 1. The number of rotatable bonds is 8. The number of amides is 1. The molecule has 114 valence electrons. The smallest absolute Gasteiger partial charge is 0.337 e. The van der Waals surface area contributed by atoms with Gasteiger partial charge in [-0.2, -0.15) is 0 Å². The molecule has 0 saturated heterocycles. The van der Waals surface area contributed by atoms with Crippen LogP contribution in [-0.4, -0.2) is 30.5 Å². The number of hydrogen-bond acceptors (Lipinski definition) is 6. The Balaban J connectivity index is 2.74. The van der Waals surface area contributed by atoms with Crippen molar-refractivity contribution in [3.8, 4) is 0 Å². The first-order chi connectivity index (χ1) is 9.95. The lowest BCUT2D eigenvalue weighted by Gasteiger charge is -2.08.